The van der Waals surface area contributed by atoms with E-state index in [9.17, 15) is 18.8 Å². The fourth-order valence-corrected chi connectivity index (χ4v) is 6.88. The van der Waals surface area contributed by atoms with Gasteiger partial charge in [0.15, 0.2) is 0 Å². The highest BCUT2D eigenvalue weighted by molar-refractivity contribution is 6.38. The van der Waals surface area contributed by atoms with Gasteiger partial charge in [-0.1, -0.05) is 64.6 Å². The van der Waals surface area contributed by atoms with Gasteiger partial charge >= 0.3 is 0 Å². The number of rotatable bonds is 3. The van der Waals surface area contributed by atoms with Crippen molar-refractivity contribution in [2.75, 3.05) is 10.2 Å². The van der Waals surface area contributed by atoms with Crippen molar-refractivity contribution in [3.05, 3.63) is 91.6 Å². The first-order valence-electron chi connectivity index (χ1n) is 11.3. The molecule has 4 unspecified atom stereocenters. The van der Waals surface area contributed by atoms with E-state index < -0.39 is 47.0 Å². The van der Waals surface area contributed by atoms with Crippen molar-refractivity contribution in [1.29, 1.82) is 0 Å². The maximum absolute atomic E-state index is 14.6. The number of carbonyl (C=O) groups excluding carboxylic acids is 3. The van der Waals surface area contributed by atoms with Gasteiger partial charge in [0, 0.05) is 26.7 Å². The molecule has 3 amide bonds. The first-order chi connectivity index (χ1) is 17.6. The monoisotopic (exact) mass is 577 g/mol. The van der Waals surface area contributed by atoms with Gasteiger partial charge in [-0.25, -0.2) is 9.29 Å². The van der Waals surface area contributed by atoms with Crippen molar-refractivity contribution in [2.24, 2.45) is 11.8 Å². The highest BCUT2D eigenvalue weighted by atomic mass is 35.5. The average Bonchev–Trinajstić information content (AvgIpc) is 3.40. The Morgan fingerprint density at radius 1 is 0.892 bits per heavy atom. The van der Waals surface area contributed by atoms with Crippen LogP contribution in [0.4, 0.5) is 15.8 Å². The van der Waals surface area contributed by atoms with Crippen LogP contribution >= 0.6 is 46.4 Å². The summed E-state index contributed by atoms with van der Waals surface area (Å²) in [7, 11) is 0. The summed E-state index contributed by atoms with van der Waals surface area (Å²) in [6.45, 7) is 0. The summed E-state index contributed by atoms with van der Waals surface area (Å²) >= 11 is 25.0. The quantitative estimate of drug-likeness (QED) is 0.396. The molecule has 6 rings (SSSR count). The Hall–Kier alpha value is -2.68. The third-order valence-corrected chi connectivity index (χ3v) is 8.20. The smallest absolute Gasteiger partial charge is 0.250 e. The summed E-state index contributed by atoms with van der Waals surface area (Å²) < 4.78 is 14.6. The molecule has 0 aliphatic carbocycles. The molecule has 3 aliphatic heterocycles. The molecule has 0 saturated carbocycles. The largest absolute Gasteiger partial charge is 0.323 e. The zero-order valence-electron chi connectivity index (χ0n) is 18.7. The number of carbonyl (C=O) groups is 3. The lowest BCUT2D eigenvalue weighted by atomic mass is 9.76. The minimum atomic E-state index is -1.66. The van der Waals surface area contributed by atoms with Gasteiger partial charge < -0.3 is 5.32 Å². The number of amides is 3. The number of anilines is 2. The predicted molar refractivity (Wildman–Crippen MR) is 140 cm³/mol. The Morgan fingerprint density at radius 3 is 2.27 bits per heavy atom. The van der Waals surface area contributed by atoms with Crippen molar-refractivity contribution in [1.82, 2.24) is 5.32 Å². The third-order valence-electron chi connectivity index (χ3n) is 7.24. The van der Waals surface area contributed by atoms with Crippen LogP contribution in [0, 0.1) is 17.7 Å². The molecule has 2 fully saturated rings. The molecule has 0 aromatic heterocycles. The Labute approximate surface area is 230 Å². The lowest BCUT2D eigenvalue weighted by molar-refractivity contribution is -0.130. The minimum absolute atomic E-state index is 0.0513. The number of benzene rings is 3. The highest BCUT2D eigenvalue weighted by Crippen LogP contribution is 2.55. The van der Waals surface area contributed by atoms with Crippen LogP contribution in [0.5, 0.6) is 0 Å². The summed E-state index contributed by atoms with van der Waals surface area (Å²) in [6, 6.07) is 12.8. The summed E-state index contributed by atoms with van der Waals surface area (Å²) in [5.41, 5.74) is -0.479. The molecular formula is C26H16Cl4FN3O3. The van der Waals surface area contributed by atoms with E-state index in [1.54, 1.807) is 24.3 Å². The number of fused-ring (bicyclic) bond motifs is 4. The Balaban J connectivity index is 1.54. The zero-order chi connectivity index (χ0) is 26.2. The molecule has 2 saturated heterocycles. The lowest BCUT2D eigenvalue weighted by Gasteiger charge is -2.29. The van der Waals surface area contributed by atoms with Crippen LogP contribution in [0.15, 0.2) is 54.6 Å². The van der Waals surface area contributed by atoms with Gasteiger partial charge in [0.2, 0.25) is 17.7 Å². The molecule has 11 heteroatoms. The van der Waals surface area contributed by atoms with Crippen molar-refractivity contribution < 1.29 is 18.8 Å². The maximum atomic E-state index is 14.6. The van der Waals surface area contributed by atoms with E-state index in [4.69, 9.17) is 46.4 Å². The van der Waals surface area contributed by atoms with Crippen molar-refractivity contribution >= 4 is 75.5 Å². The van der Waals surface area contributed by atoms with Gasteiger partial charge in [-0.3, -0.25) is 19.7 Å². The number of nitrogens with one attached hydrogen (secondary N) is 2. The molecule has 4 atom stereocenters. The third kappa shape index (κ3) is 3.60. The molecule has 3 heterocycles. The number of nitrogens with zero attached hydrogens (tertiary/aromatic N) is 1. The number of hydrogen-bond donors (Lipinski definition) is 2. The van der Waals surface area contributed by atoms with Crippen LogP contribution in [0.2, 0.25) is 20.1 Å². The van der Waals surface area contributed by atoms with E-state index in [1.807, 2.05) is 0 Å². The second kappa shape index (κ2) is 8.68. The first kappa shape index (κ1) is 24.6. The number of imide groups is 1. The molecular weight excluding hydrogens is 563 g/mol. The van der Waals surface area contributed by atoms with Crippen LogP contribution in [0.1, 0.15) is 11.1 Å². The summed E-state index contributed by atoms with van der Waals surface area (Å²) in [4.78, 5) is 42.6. The van der Waals surface area contributed by atoms with E-state index in [-0.39, 0.29) is 32.2 Å². The van der Waals surface area contributed by atoms with E-state index in [0.29, 0.717) is 16.8 Å². The topological polar surface area (TPSA) is 78.5 Å². The van der Waals surface area contributed by atoms with Gasteiger partial charge in [-0.05, 0) is 48.4 Å². The highest BCUT2D eigenvalue weighted by Gasteiger charge is 2.70. The van der Waals surface area contributed by atoms with E-state index >= 15 is 0 Å². The maximum Gasteiger partial charge on any atom is 0.250 e. The zero-order valence-corrected chi connectivity index (χ0v) is 21.7. The van der Waals surface area contributed by atoms with E-state index in [1.165, 1.54) is 30.3 Å². The Morgan fingerprint density at radius 2 is 1.57 bits per heavy atom. The molecule has 188 valence electrons. The molecule has 0 radical (unpaired) electrons. The molecule has 37 heavy (non-hydrogen) atoms. The Kier molecular flexibility index (Phi) is 5.78. The second-order valence-corrected chi connectivity index (χ2v) is 11.0. The predicted octanol–water partition coefficient (Wildman–Crippen LogP) is 5.61. The van der Waals surface area contributed by atoms with Crippen molar-refractivity contribution in [2.45, 2.75) is 18.0 Å². The first-order valence-corrected chi connectivity index (χ1v) is 12.8. The molecule has 3 aliphatic rings. The van der Waals surface area contributed by atoms with Gasteiger partial charge in [0.25, 0.3) is 0 Å². The molecule has 3 aromatic rings. The van der Waals surface area contributed by atoms with E-state index in [2.05, 4.69) is 10.6 Å². The van der Waals surface area contributed by atoms with Crippen LogP contribution in [0.3, 0.4) is 0 Å². The van der Waals surface area contributed by atoms with Crippen LogP contribution in [-0.2, 0) is 26.3 Å². The van der Waals surface area contributed by atoms with Crippen LogP contribution in [0.25, 0.3) is 0 Å². The van der Waals surface area contributed by atoms with Gasteiger partial charge in [-0.15, -0.1) is 0 Å². The molecule has 6 nitrogen and oxygen atoms in total. The van der Waals surface area contributed by atoms with Gasteiger partial charge in [0.05, 0.1) is 28.2 Å². The average molecular weight is 579 g/mol. The van der Waals surface area contributed by atoms with Gasteiger partial charge in [0.1, 0.15) is 11.4 Å². The second-order valence-electron chi connectivity index (χ2n) is 9.26. The fourth-order valence-electron chi connectivity index (χ4n) is 5.82. The van der Waals surface area contributed by atoms with Crippen LogP contribution < -0.4 is 15.5 Å². The van der Waals surface area contributed by atoms with Crippen LogP contribution in [-0.4, -0.2) is 23.8 Å². The molecule has 2 N–H and O–H groups in total. The summed E-state index contributed by atoms with van der Waals surface area (Å²) in [5, 5.41) is 6.91. The van der Waals surface area contributed by atoms with Crippen molar-refractivity contribution in [3.8, 4) is 0 Å². The lowest BCUT2D eigenvalue weighted by Crippen LogP contribution is -2.53. The summed E-state index contributed by atoms with van der Waals surface area (Å²) in [5.74, 6) is -4.33. The Bertz CT molecular complexity index is 1510. The van der Waals surface area contributed by atoms with Crippen molar-refractivity contribution in [3.63, 3.8) is 0 Å². The SMILES string of the molecule is O=C1C2C(Cc3ccccc3F)NC3(C(=O)Nc4c(Cl)cc(Cl)cc43)C2C(=O)N1c1cc(Cl)cc(Cl)c1. The van der Waals surface area contributed by atoms with E-state index in [0.717, 1.165) is 4.90 Å². The number of halogens is 5. The normalized spacial score (nSPS) is 26.1. The molecule has 3 aromatic carbocycles. The summed E-state index contributed by atoms with van der Waals surface area (Å²) in [6.07, 6.45) is 0.0513. The molecule has 0 bridgehead atoms. The number of hydrogen-bond acceptors (Lipinski definition) is 4. The van der Waals surface area contributed by atoms with Gasteiger partial charge in [-0.2, -0.15) is 0 Å². The fraction of sp³-hybridized carbons (Fsp3) is 0.192. The standard InChI is InChI=1S/C26H16Cl4FN3O3/c27-12-6-13(28)8-15(7-12)34-23(35)20-19(5-11-3-1-2-4-18(11)31)33-26(21(20)24(34)36)16-9-14(29)10-17(30)22(16)32-25(26)37/h1-4,6-10,19-21,33H,5H2,(H,32,37). The minimum Gasteiger partial charge on any atom is -0.323 e. The molecule has 1 spiro atoms.